The van der Waals surface area contributed by atoms with Crippen LogP contribution in [-0.2, 0) is 14.2 Å². The van der Waals surface area contributed by atoms with Crippen LogP contribution in [0.4, 0.5) is 4.79 Å². The van der Waals surface area contributed by atoms with E-state index in [1.165, 1.54) is 0 Å². The molecule has 0 heterocycles. The summed E-state index contributed by atoms with van der Waals surface area (Å²) < 4.78 is 14.4. The van der Waals surface area contributed by atoms with Gasteiger partial charge in [-0.3, -0.25) is 0 Å². The van der Waals surface area contributed by atoms with Crippen LogP contribution in [-0.4, -0.2) is 49.7 Å². The highest BCUT2D eigenvalue weighted by Gasteiger charge is 2.19. The van der Waals surface area contributed by atoms with Crippen molar-refractivity contribution in [3.8, 4) is 0 Å². The third-order valence-corrected chi connectivity index (χ3v) is 1.76. The van der Waals surface area contributed by atoms with Crippen molar-refractivity contribution < 1.29 is 24.1 Å². The Morgan fingerprint density at radius 1 is 1.50 bits per heavy atom. The molecule has 0 bridgehead atoms. The predicted molar refractivity (Wildman–Crippen MR) is 50.9 cm³/mol. The van der Waals surface area contributed by atoms with Gasteiger partial charge in [-0.25, -0.2) is 4.79 Å². The van der Waals surface area contributed by atoms with Crippen molar-refractivity contribution in [2.75, 3.05) is 26.9 Å². The number of rotatable bonds is 7. The first-order chi connectivity index (χ1) is 6.57. The van der Waals surface area contributed by atoms with Crippen LogP contribution in [0.15, 0.2) is 0 Å². The molecule has 0 aliphatic carbocycles. The summed E-state index contributed by atoms with van der Waals surface area (Å²) in [5, 5.41) is 7.95. The van der Waals surface area contributed by atoms with E-state index in [0.717, 1.165) is 0 Å². The average Bonchev–Trinajstić information content (AvgIpc) is 2.09. The zero-order valence-corrected chi connectivity index (χ0v) is 8.99. The van der Waals surface area contributed by atoms with Crippen LogP contribution in [0.3, 0.4) is 0 Å². The minimum absolute atomic E-state index is 0.139. The minimum Gasteiger partial charge on any atom is -0.450 e. The van der Waals surface area contributed by atoms with Gasteiger partial charge in [0.2, 0.25) is 0 Å². The maximum atomic E-state index is 10.2. The Morgan fingerprint density at radius 2 is 2.14 bits per heavy atom. The summed E-state index contributed by atoms with van der Waals surface area (Å²) in [6.45, 7) is 2.63. The van der Waals surface area contributed by atoms with Gasteiger partial charge in [-0.05, 0) is 6.92 Å². The molecule has 0 fully saturated rings. The summed E-state index contributed by atoms with van der Waals surface area (Å²) in [4.78, 5) is 10.2. The molecule has 0 aromatic heterocycles. The van der Waals surface area contributed by atoms with E-state index >= 15 is 0 Å². The molecule has 84 valence electrons. The second kappa shape index (κ2) is 7.84. The van der Waals surface area contributed by atoms with Gasteiger partial charge in [0, 0.05) is 7.11 Å². The van der Waals surface area contributed by atoms with Gasteiger partial charge in [-0.1, -0.05) is 0 Å². The van der Waals surface area contributed by atoms with Crippen LogP contribution in [0.5, 0.6) is 0 Å². The van der Waals surface area contributed by atoms with Gasteiger partial charge in [0.25, 0.3) is 0 Å². The SMILES string of the molecule is COCCOCC(OC(=O)O)C(C)Cl. The van der Waals surface area contributed by atoms with Gasteiger partial charge in [-0.2, -0.15) is 0 Å². The van der Waals surface area contributed by atoms with Gasteiger partial charge >= 0.3 is 6.16 Å². The van der Waals surface area contributed by atoms with Gasteiger partial charge in [0.1, 0.15) is 6.10 Å². The summed E-state index contributed by atoms with van der Waals surface area (Å²) >= 11 is 5.70. The Bertz CT molecular complexity index is 162. The smallest absolute Gasteiger partial charge is 0.450 e. The highest BCUT2D eigenvalue weighted by atomic mass is 35.5. The lowest BCUT2D eigenvalue weighted by atomic mass is 10.3. The molecule has 0 aliphatic rings. The fourth-order valence-electron chi connectivity index (χ4n) is 0.732. The van der Waals surface area contributed by atoms with Crippen LogP contribution in [0.25, 0.3) is 0 Å². The van der Waals surface area contributed by atoms with Gasteiger partial charge in [0.15, 0.2) is 0 Å². The zero-order chi connectivity index (χ0) is 11.0. The lowest BCUT2D eigenvalue weighted by Crippen LogP contribution is -2.30. The molecule has 1 N–H and O–H groups in total. The molecule has 5 nitrogen and oxygen atoms in total. The molecule has 0 amide bonds. The van der Waals surface area contributed by atoms with E-state index in [-0.39, 0.29) is 6.61 Å². The van der Waals surface area contributed by atoms with Crippen molar-refractivity contribution >= 4 is 17.8 Å². The van der Waals surface area contributed by atoms with Crippen molar-refractivity contribution in [1.29, 1.82) is 0 Å². The molecule has 0 aromatic rings. The van der Waals surface area contributed by atoms with Crippen LogP contribution < -0.4 is 0 Å². The number of ether oxygens (including phenoxy) is 3. The van der Waals surface area contributed by atoms with E-state index in [0.29, 0.717) is 13.2 Å². The maximum Gasteiger partial charge on any atom is 0.506 e. The molecular weight excluding hydrogens is 212 g/mol. The second-order valence-electron chi connectivity index (χ2n) is 2.67. The normalized spacial score (nSPS) is 14.8. The zero-order valence-electron chi connectivity index (χ0n) is 8.23. The quantitative estimate of drug-likeness (QED) is 0.403. The number of halogens is 1. The number of hydrogen-bond acceptors (Lipinski definition) is 4. The summed E-state index contributed by atoms with van der Waals surface area (Å²) in [5.41, 5.74) is 0. The van der Waals surface area contributed by atoms with Gasteiger partial charge < -0.3 is 19.3 Å². The Hall–Kier alpha value is -0.520. The van der Waals surface area contributed by atoms with Crippen molar-refractivity contribution in [3.63, 3.8) is 0 Å². The molecule has 0 saturated carbocycles. The lowest BCUT2D eigenvalue weighted by Gasteiger charge is -2.17. The molecule has 2 unspecified atom stereocenters. The van der Waals surface area contributed by atoms with Crippen molar-refractivity contribution in [2.24, 2.45) is 0 Å². The molecule has 0 spiro atoms. The molecule has 0 aromatic carbocycles. The number of carboxylic acid groups (broad SMARTS) is 1. The average molecular weight is 227 g/mol. The van der Waals surface area contributed by atoms with Gasteiger partial charge in [0.05, 0.1) is 25.2 Å². The number of alkyl halides is 1. The first kappa shape index (κ1) is 13.5. The highest BCUT2D eigenvalue weighted by molar-refractivity contribution is 6.20. The standard InChI is InChI=1S/C8H15ClO5/c1-6(9)7(14-8(10)11)5-13-4-3-12-2/h6-7H,3-5H2,1-2H3,(H,10,11). The van der Waals surface area contributed by atoms with Crippen LogP contribution in [0.1, 0.15) is 6.92 Å². The topological polar surface area (TPSA) is 65.0 Å². The Balaban J connectivity index is 3.68. The molecule has 2 atom stereocenters. The monoisotopic (exact) mass is 226 g/mol. The second-order valence-corrected chi connectivity index (χ2v) is 3.36. The van der Waals surface area contributed by atoms with Crippen LogP contribution in [0, 0.1) is 0 Å². The predicted octanol–water partition coefficient (Wildman–Crippen LogP) is 1.34. The maximum absolute atomic E-state index is 10.2. The van der Waals surface area contributed by atoms with Crippen molar-refractivity contribution in [1.82, 2.24) is 0 Å². The third-order valence-electron chi connectivity index (χ3n) is 1.48. The van der Waals surface area contributed by atoms with E-state index in [9.17, 15) is 4.79 Å². The molecule has 0 radical (unpaired) electrons. The molecule has 6 heteroatoms. The molecule has 14 heavy (non-hydrogen) atoms. The van der Waals surface area contributed by atoms with Crippen molar-refractivity contribution in [3.05, 3.63) is 0 Å². The van der Waals surface area contributed by atoms with Crippen LogP contribution >= 0.6 is 11.6 Å². The molecular formula is C8H15ClO5. The summed E-state index contributed by atoms with van der Waals surface area (Å²) in [6, 6.07) is 0. The number of carbonyl (C=O) groups is 1. The summed E-state index contributed by atoms with van der Waals surface area (Å²) in [7, 11) is 1.55. The third kappa shape index (κ3) is 6.94. The highest BCUT2D eigenvalue weighted by Crippen LogP contribution is 2.07. The fraction of sp³-hybridized carbons (Fsp3) is 0.875. The first-order valence-electron chi connectivity index (χ1n) is 4.18. The van der Waals surface area contributed by atoms with E-state index in [1.807, 2.05) is 0 Å². The van der Waals surface area contributed by atoms with E-state index < -0.39 is 17.6 Å². The van der Waals surface area contributed by atoms with Gasteiger partial charge in [-0.15, -0.1) is 11.6 Å². The van der Waals surface area contributed by atoms with E-state index in [1.54, 1.807) is 14.0 Å². The minimum atomic E-state index is -1.35. The lowest BCUT2D eigenvalue weighted by molar-refractivity contribution is -0.0128. The Kier molecular flexibility index (Phi) is 7.55. The van der Waals surface area contributed by atoms with E-state index in [2.05, 4.69) is 4.74 Å². The Morgan fingerprint density at radius 3 is 2.57 bits per heavy atom. The molecule has 0 aliphatic heterocycles. The van der Waals surface area contributed by atoms with Crippen LogP contribution in [0.2, 0.25) is 0 Å². The van der Waals surface area contributed by atoms with Crippen molar-refractivity contribution in [2.45, 2.75) is 18.4 Å². The van der Waals surface area contributed by atoms with E-state index in [4.69, 9.17) is 26.2 Å². The number of hydrogen-bond donors (Lipinski definition) is 1. The largest absolute Gasteiger partial charge is 0.506 e. The molecule has 0 saturated heterocycles. The fourth-order valence-corrected chi connectivity index (χ4v) is 0.856. The Labute approximate surface area is 87.9 Å². The molecule has 0 rings (SSSR count). The summed E-state index contributed by atoms with van der Waals surface area (Å²) in [6.07, 6.45) is -2.00. The number of methoxy groups -OCH3 is 1. The first-order valence-corrected chi connectivity index (χ1v) is 4.62. The summed E-state index contributed by atoms with van der Waals surface area (Å²) in [5.74, 6) is 0.